The number of hydrogen-bond acceptors (Lipinski definition) is 6. The van der Waals surface area contributed by atoms with Crippen LogP contribution in [0.4, 0.5) is 17.2 Å². The number of nitrogens with two attached hydrogens (primary N) is 2. The van der Waals surface area contributed by atoms with E-state index in [2.05, 4.69) is 22.5 Å². The van der Waals surface area contributed by atoms with Gasteiger partial charge in [-0.15, -0.1) is 5.10 Å². The number of ether oxygens (including phenoxy) is 1. The molecule has 0 bridgehead atoms. The molecule has 32 heavy (non-hydrogen) atoms. The summed E-state index contributed by atoms with van der Waals surface area (Å²) < 4.78 is 7.74. The molecule has 1 aliphatic rings. The third-order valence-electron chi connectivity index (χ3n) is 6.01. The lowest BCUT2D eigenvalue weighted by atomic mass is 9.85. The van der Waals surface area contributed by atoms with E-state index >= 15 is 0 Å². The van der Waals surface area contributed by atoms with E-state index < -0.39 is 0 Å². The van der Waals surface area contributed by atoms with Gasteiger partial charge in [-0.1, -0.05) is 36.4 Å². The molecule has 7 nitrogen and oxygen atoms in total. The number of imidazole rings is 1. The largest absolute Gasteiger partial charge is 0.489 e. The topological polar surface area (TPSA) is 103 Å². The maximum absolute atomic E-state index is 6.09. The van der Waals surface area contributed by atoms with Crippen LogP contribution in [0.15, 0.2) is 66.9 Å². The minimum absolute atomic E-state index is 0.311. The minimum Gasteiger partial charge on any atom is -0.489 e. The minimum atomic E-state index is 0.311. The van der Waals surface area contributed by atoms with Gasteiger partial charge in [0.15, 0.2) is 5.65 Å². The van der Waals surface area contributed by atoms with Crippen molar-refractivity contribution in [2.24, 2.45) is 5.73 Å². The smallest absolute Gasteiger partial charge is 0.177 e. The molecule has 4 aromatic rings. The lowest BCUT2D eigenvalue weighted by Crippen LogP contribution is -2.25. The van der Waals surface area contributed by atoms with Gasteiger partial charge < -0.3 is 21.5 Å². The third kappa shape index (κ3) is 4.53. The zero-order chi connectivity index (χ0) is 21.9. The highest BCUT2D eigenvalue weighted by Gasteiger charge is 2.23. The maximum atomic E-state index is 6.09. The Morgan fingerprint density at radius 1 is 1.00 bits per heavy atom. The van der Waals surface area contributed by atoms with Crippen LogP contribution in [0.3, 0.4) is 0 Å². The van der Waals surface area contributed by atoms with Crippen LogP contribution in [0.25, 0.3) is 5.65 Å². The van der Waals surface area contributed by atoms with E-state index in [1.165, 1.54) is 0 Å². The van der Waals surface area contributed by atoms with Crippen molar-refractivity contribution >= 4 is 22.8 Å². The van der Waals surface area contributed by atoms with Crippen LogP contribution in [0.2, 0.25) is 0 Å². The first kappa shape index (κ1) is 20.3. The molecule has 2 aromatic carbocycles. The first-order valence-electron chi connectivity index (χ1n) is 11.1. The molecule has 5 rings (SSSR count). The first-order valence-corrected chi connectivity index (χ1v) is 11.1. The summed E-state index contributed by atoms with van der Waals surface area (Å²) in [4.78, 5) is 4.91. The second kappa shape index (κ2) is 8.88. The molecule has 0 radical (unpaired) electrons. The second-order valence-electron chi connectivity index (χ2n) is 8.46. The Morgan fingerprint density at radius 3 is 2.62 bits per heavy atom. The normalized spacial score (nSPS) is 18.5. The Kier molecular flexibility index (Phi) is 5.64. The van der Waals surface area contributed by atoms with Crippen LogP contribution in [0, 0.1) is 0 Å². The zero-order valence-corrected chi connectivity index (χ0v) is 17.9. The number of nitrogen functional groups attached to an aromatic ring is 1. The van der Waals surface area contributed by atoms with Gasteiger partial charge >= 0.3 is 0 Å². The first-order chi connectivity index (χ1) is 15.6. The summed E-state index contributed by atoms with van der Waals surface area (Å²) in [5.41, 5.74) is 16.8. The number of fused-ring (bicyclic) bond motifs is 1. The van der Waals surface area contributed by atoms with Crippen LogP contribution in [-0.2, 0) is 6.61 Å². The van der Waals surface area contributed by atoms with Gasteiger partial charge in [0.2, 0.25) is 0 Å². The third-order valence-corrected chi connectivity index (χ3v) is 6.01. The van der Waals surface area contributed by atoms with E-state index in [0.29, 0.717) is 24.4 Å². The zero-order valence-electron chi connectivity index (χ0n) is 17.9. The van der Waals surface area contributed by atoms with E-state index in [-0.39, 0.29) is 0 Å². The molecular weight excluding hydrogens is 400 g/mol. The van der Waals surface area contributed by atoms with Gasteiger partial charge in [0.05, 0.1) is 17.6 Å². The highest BCUT2D eigenvalue weighted by atomic mass is 16.5. The van der Waals surface area contributed by atoms with Crippen LogP contribution >= 0.6 is 0 Å². The second-order valence-corrected chi connectivity index (χ2v) is 8.46. The Hall–Kier alpha value is -3.58. The summed E-state index contributed by atoms with van der Waals surface area (Å²) in [7, 11) is 0. The Morgan fingerprint density at radius 2 is 1.81 bits per heavy atom. The molecular formula is C25H28N6O. The molecule has 1 saturated carbocycles. The van der Waals surface area contributed by atoms with Gasteiger partial charge in [-0.05, 0) is 43.4 Å². The van der Waals surface area contributed by atoms with E-state index in [0.717, 1.165) is 59.7 Å². The average molecular weight is 429 g/mol. The quantitative estimate of drug-likeness (QED) is 0.414. The number of anilines is 3. The van der Waals surface area contributed by atoms with Gasteiger partial charge in [0, 0.05) is 29.8 Å². The summed E-state index contributed by atoms with van der Waals surface area (Å²) in [6, 6.07) is 20.1. The fourth-order valence-corrected chi connectivity index (χ4v) is 4.28. The molecule has 0 amide bonds. The lowest BCUT2D eigenvalue weighted by Gasteiger charge is -2.24. The summed E-state index contributed by atoms with van der Waals surface area (Å²) >= 11 is 0. The summed E-state index contributed by atoms with van der Waals surface area (Å²) in [5.74, 6) is 1.64. The molecule has 7 heteroatoms. The van der Waals surface area contributed by atoms with Gasteiger partial charge in [0.25, 0.3) is 0 Å². The fraction of sp³-hybridized carbons (Fsp3) is 0.280. The van der Waals surface area contributed by atoms with Crippen molar-refractivity contribution in [2.45, 2.75) is 44.2 Å². The van der Waals surface area contributed by atoms with Gasteiger partial charge in [-0.25, -0.2) is 9.50 Å². The summed E-state index contributed by atoms with van der Waals surface area (Å²) in [6.45, 7) is 0.519. The van der Waals surface area contributed by atoms with Crippen molar-refractivity contribution in [3.8, 4) is 5.75 Å². The van der Waals surface area contributed by atoms with Crippen molar-refractivity contribution in [3.63, 3.8) is 0 Å². The predicted molar refractivity (Wildman–Crippen MR) is 127 cm³/mol. The molecule has 0 aliphatic heterocycles. The molecule has 5 N–H and O–H groups in total. The van der Waals surface area contributed by atoms with Gasteiger partial charge in [-0.2, -0.15) is 0 Å². The molecule has 0 saturated heterocycles. The number of rotatable bonds is 6. The van der Waals surface area contributed by atoms with Crippen molar-refractivity contribution in [1.82, 2.24) is 14.6 Å². The summed E-state index contributed by atoms with van der Waals surface area (Å²) in [5, 5.41) is 7.88. The Labute approximate surface area is 187 Å². The predicted octanol–water partition coefficient (Wildman–Crippen LogP) is 4.62. The van der Waals surface area contributed by atoms with Gasteiger partial charge in [-0.3, -0.25) is 0 Å². The Balaban J connectivity index is 1.36. The molecule has 1 fully saturated rings. The van der Waals surface area contributed by atoms with E-state index in [1.807, 2.05) is 54.7 Å². The molecule has 0 atom stereocenters. The van der Waals surface area contributed by atoms with Crippen LogP contribution in [0.1, 0.15) is 42.9 Å². The number of nitrogens with one attached hydrogen (secondary N) is 1. The van der Waals surface area contributed by atoms with Crippen molar-refractivity contribution in [1.29, 1.82) is 0 Å². The number of benzene rings is 2. The van der Waals surface area contributed by atoms with Gasteiger partial charge in [0.1, 0.15) is 18.2 Å². The van der Waals surface area contributed by atoms with Crippen LogP contribution < -0.4 is 21.5 Å². The average Bonchev–Trinajstić information content (AvgIpc) is 3.23. The molecule has 0 unspecified atom stereocenters. The Bertz CT molecular complexity index is 1200. The number of nitrogens with zero attached hydrogens (tertiary/aromatic N) is 3. The van der Waals surface area contributed by atoms with Crippen molar-refractivity contribution in [3.05, 3.63) is 78.1 Å². The summed E-state index contributed by atoms with van der Waals surface area (Å²) in [6.07, 6.45) is 6.19. The number of hydrogen-bond donors (Lipinski definition) is 3. The standard InChI is InChI=1S/C25H28N6O/c26-19-11-9-18(10-12-19)23-15-31-25(29-23)22(14-24(27)30-31)28-20-7-4-8-21(13-20)32-16-17-5-2-1-3-6-17/h1-8,13-15,18-19,28H,9-12,16,26H2,(H2,27,30)/t18-,19-. The van der Waals surface area contributed by atoms with Crippen LogP contribution in [0.5, 0.6) is 5.75 Å². The van der Waals surface area contributed by atoms with Crippen molar-refractivity contribution in [2.75, 3.05) is 11.1 Å². The number of aromatic nitrogens is 3. The van der Waals surface area contributed by atoms with Crippen LogP contribution in [-0.4, -0.2) is 20.6 Å². The fourth-order valence-electron chi connectivity index (χ4n) is 4.28. The molecule has 2 aromatic heterocycles. The highest BCUT2D eigenvalue weighted by molar-refractivity contribution is 5.76. The molecule has 0 spiro atoms. The van der Waals surface area contributed by atoms with E-state index in [9.17, 15) is 0 Å². The van der Waals surface area contributed by atoms with E-state index in [1.54, 1.807) is 4.52 Å². The lowest BCUT2D eigenvalue weighted by molar-refractivity contribution is 0.306. The SMILES string of the molecule is Nc1cc(Nc2cccc(OCc3ccccc3)c2)c2nc([C@H]3CC[C@H](N)CC3)cn2n1. The highest BCUT2D eigenvalue weighted by Crippen LogP contribution is 2.33. The molecule has 164 valence electrons. The monoisotopic (exact) mass is 428 g/mol. The van der Waals surface area contributed by atoms with Crippen molar-refractivity contribution < 1.29 is 4.74 Å². The van der Waals surface area contributed by atoms with E-state index in [4.69, 9.17) is 21.2 Å². The molecule has 2 heterocycles. The maximum Gasteiger partial charge on any atom is 0.177 e. The molecule has 1 aliphatic carbocycles.